The maximum atomic E-state index is 13.1. The van der Waals surface area contributed by atoms with Crippen LogP contribution < -0.4 is 5.32 Å². The van der Waals surface area contributed by atoms with E-state index in [0.29, 0.717) is 22.4 Å². The molecule has 0 radical (unpaired) electrons. The number of halogens is 2. The van der Waals surface area contributed by atoms with Crippen LogP contribution in [0.2, 0.25) is 0 Å². The predicted octanol–water partition coefficient (Wildman–Crippen LogP) is 3.44. The Morgan fingerprint density at radius 3 is 2.76 bits per heavy atom. The first-order valence-electron chi connectivity index (χ1n) is 7.55. The Balaban J connectivity index is 1.70. The molecule has 0 spiro atoms. The molecule has 0 unspecified atom stereocenters. The second-order valence-corrected chi connectivity index (χ2v) is 6.36. The van der Waals surface area contributed by atoms with Gasteiger partial charge in [-0.1, -0.05) is 28.1 Å². The van der Waals surface area contributed by atoms with Crippen molar-refractivity contribution in [2.45, 2.75) is 6.10 Å². The summed E-state index contributed by atoms with van der Waals surface area (Å²) in [7, 11) is 0. The number of hydrogen-bond donors (Lipinski definition) is 3. The average Bonchev–Trinajstić information content (AvgIpc) is 3.10. The fraction of sp³-hybridized carbons (Fsp3) is 0.111. The molecule has 1 amide bonds. The Morgan fingerprint density at radius 2 is 2.04 bits per heavy atom. The molecule has 0 aliphatic rings. The topological polar surface area (TPSA) is 78.0 Å². The van der Waals surface area contributed by atoms with Gasteiger partial charge in [0.15, 0.2) is 0 Å². The van der Waals surface area contributed by atoms with Crippen LogP contribution in [0, 0.1) is 5.82 Å². The Bertz CT molecular complexity index is 880. The summed E-state index contributed by atoms with van der Waals surface area (Å²) in [5.74, 6) is -0.728. The number of rotatable bonds is 5. The number of benzene rings is 2. The Kier molecular flexibility index (Phi) is 5.25. The van der Waals surface area contributed by atoms with Gasteiger partial charge in [-0.2, -0.15) is 5.10 Å². The van der Waals surface area contributed by atoms with Crippen LogP contribution in [-0.4, -0.2) is 27.8 Å². The van der Waals surface area contributed by atoms with Crippen molar-refractivity contribution in [3.63, 3.8) is 0 Å². The molecule has 0 bridgehead atoms. The van der Waals surface area contributed by atoms with E-state index in [1.165, 1.54) is 18.3 Å². The van der Waals surface area contributed by atoms with Crippen molar-refractivity contribution in [3.05, 3.63) is 76.1 Å². The van der Waals surface area contributed by atoms with Gasteiger partial charge in [-0.25, -0.2) is 4.39 Å². The van der Waals surface area contributed by atoms with Gasteiger partial charge < -0.3 is 10.4 Å². The van der Waals surface area contributed by atoms with Gasteiger partial charge >= 0.3 is 0 Å². The number of H-pyrrole nitrogens is 1. The molecular formula is C18H15BrFN3O2. The van der Waals surface area contributed by atoms with Crippen LogP contribution in [0.1, 0.15) is 22.0 Å². The second kappa shape index (κ2) is 7.58. The van der Waals surface area contributed by atoms with Crippen molar-refractivity contribution < 1.29 is 14.3 Å². The molecule has 25 heavy (non-hydrogen) atoms. The molecule has 0 fully saturated rings. The zero-order chi connectivity index (χ0) is 17.8. The molecule has 3 aromatic rings. The van der Waals surface area contributed by atoms with Crippen molar-refractivity contribution in [1.29, 1.82) is 0 Å². The van der Waals surface area contributed by atoms with Gasteiger partial charge in [0, 0.05) is 16.6 Å². The van der Waals surface area contributed by atoms with E-state index in [2.05, 4.69) is 31.4 Å². The summed E-state index contributed by atoms with van der Waals surface area (Å²) in [4.78, 5) is 12.4. The molecule has 0 aliphatic carbocycles. The highest BCUT2D eigenvalue weighted by atomic mass is 79.9. The summed E-state index contributed by atoms with van der Waals surface area (Å²) in [6, 6.07) is 13.0. The van der Waals surface area contributed by atoms with Gasteiger partial charge in [-0.3, -0.25) is 9.89 Å². The van der Waals surface area contributed by atoms with E-state index in [-0.39, 0.29) is 18.3 Å². The summed E-state index contributed by atoms with van der Waals surface area (Å²) in [5, 5.41) is 19.5. The van der Waals surface area contributed by atoms with Gasteiger partial charge in [0.25, 0.3) is 5.91 Å². The predicted molar refractivity (Wildman–Crippen MR) is 95.4 cm³/mol. The first kappa shape index (κ1) is 17.3. The summed E-state index contributed by atoms with van der Waals surface area (Å²) in [6.07, 6.45) is 0.571. The average molecular weight is 404 g/mol. The fourth-order valence-corrected chi connectivity index (χ4v) is 2.83. The van der Waals surface area contributed by atoms with Crippen molar-refractivity contribution in [3.8, 4) is 11.3 Å². The SMILES string of the molecule is O=C(NC[C@@H](O)c1cccc(Br)c1)c1cn[nH]c1-c1ccc(F)cc1. The molecule has 0 aliphatic heterocycles. The third-order valence-corrected chi connectivity index (χ3v) is 4.20. The van der Waals surface area contributed by atoms with Crippen LogP contribution in [0.25, 0.3) is 11.3 Å². The molecule has 5 nitrogen and oxygen atoms in total. The molecule has 128 valence electrons. The zero-order valence-electron chi connectivity index (χ0n) is 13.0. The number of nitrogens with one attached hydrogen (secondary N) is 2. The van der Waals surface area contributed by atoms with Crippen LogP contribution in [0.5, 0.6) is 0 Å². The molecule has 3 N–H and O–H groups in total. The number of carbonyl (C=O) groups excluding carboxylic acids is 1. The summed E-state index contributed by atoms with van der Waals surface area (Å²) < 4.78 is 13.9. The normalized spacial score (nSPS) is 12.0. The molecular weight excluding hydrogens is 389 g/mol. The summed E-state index contributed by atoms with van der Waals surface area (Å²) in [5.41, 5.74) is 2.17. The van der Waals surface area contributed by atoms with E-state index in [1.54, 1.807) is 24.3 Å². The van der Waals surface area contributed by atoms with E-state index >= 15 is 0 Å². The third-order valence-electron chi connectivity index (χ3n) is 3.71. The number of aliphatic hydroxyl groups excluding tert-OH is 1. The zero-order valence-corrected chi connectivity index (χ0v) is 14.6. The van der Waals surface area contributed by atoms with E-state index < -0.39 is 6.10 Å². The minimum absolute atomic E-state index is 0.0589. The van der Waals surface area contributed by atoms with Crippen molar-refractivity contribution in [2.24, 2.45) is 0 Å². The first-order valence-corrected chi connectivity index (χ1v) is 8.35. The quantitative estimate of drug-likeness (QED) is 0.610. The minimum atomic E-state index is -0.831. The van der Waals surface area contributed by atoms with Crippen molar-refractivity contribution in [2.75, 3.05) is 6.54 Å². The van der Waals surface area contributed by atoms with Crippen LogP contribution in [0.15, 0.2) is 59.2 Å². The van der Waals surface area contributed by atoms with E-state index in [4.69, 9.17) is 0 Å². The van der Waals surface area contributed by atoms with Crippen LogP contribution in [0.4, 0.5) is 4.39 Å². The maximum Gasteiger partial charge on any atom is 0.255 e. The molecule has 0 saturated carbocycles. The molecule has 0 saturated heterocycles. The molecule has 2 aromatic carbocycles. The summed E-state index contributed by atoms with van der Waals surface area (Å²) >= 11 is 3.34. The number of aromatic nitrogens is 2. The lowest BCUT2D eigenvalue weighted by molar-refractivity contribution is 0.0917. The maximum absolute atomic E-state index is 13.1. The smallest absolute Gasteiger partial charge is 0.255 e. The number of aromatic amines is 1. The number of nitrogens with zero attached hydrogens (tertiary/aromatic N) is 1. The third kappa shape index (κ3) is 4.12. The molecule has 3 rings (SSSR count). The fourth-order valence-electron chi connectivity index (χ4n) is 2.41. The molecule has 1 aromatic heterocycles. The lowest BCUT2D eigenvalue weighted by Crippen LogP contribution is -2.28. The van der Waals surface area contributed by atoms with E-state index in [9.17, 15) is 14.3 Å². The number of hydrogen-bond acceptors (Lipinski definition) is 3. The molecule has 1 heterocycles. The lowest BCUT2D eigenvalue weighted by Gasteiger charge is -2.12. The Morgan fingerprint density at radius 1 is 1.28 bits per heavy atom. The van der Waals surface area contributed by atoms with Crippen LogP contribution in [-0.2, 0) is 0 Å². The van der Waals surface area contributed by atoms with Gasteiger partial charge in [0.1, 0.15) is 5.82 Å². The minimum Gasteiger partial charge on any atom is -0.387 e. The summed E-state index contributed by atoms with van der Waals surface area (Å²) in [6.45, 7) is 0.0589. The number of aliphatic hydroxyl groups is 1. The van der Waals surface area contributed by atoms with Gasteiger partial charge in [-0.15, -0.1) is 0 Å². The van der Waals surface area contributed by atoms with Crippen LogP contribution >= 0.6 is 15.9 Å². The monoisotopic (exact) mass is 403 g/mol. The van der Waals surface area contributed by atoms with E-state index in [1.807, 2.05) is 12.1 Å². The molecule has 7 heteroatoms. The highest BCUT2D eigenvalue weighted by Crippen LogP contribution is 2.22. The van der Waals surface area contributed by atoms with Gasteiger partial charge in [0.05, 0.1) is 23.6 Å². The number of carbonyl (C=O) groups is 1. The highest BCUT2D eigenvalue weighted by molar-refractivity contribution is 9.10. The second-order valence-electron chi connectivity index (χ2n) is 5.45. The van der Waals surface area contributed by atoms with Gasteiger partial charge in [-0.05, 0) is 42.0 Å². The molecule has 1 atom stereocenters. The van der Waals surface area contributed by atoms with Crippen LogP contribution in [0.3, 0.4) is 0 Å². The van der Waals surface area contributed by atoms with Gasteiger partial charge in [0.2, 0.25) is 0 Å². The standard InChI is InChI=1S/C18H15BrFN3O2/c19-13-3-1-2-12(8-13)16(24)10-21-18(25)15-9-22-23-17(15)11-4-6-14(20)7-5-11/h1-9,16,24H,10H2,(H,21,25)(H,22,23)/t16-/m1/s1. The van der Waals surface area contributed by atoms with Crippen molar-refractivity contribution >= 4 is 21.8 Å². The first-order chi connectivity index (χ1) is 12.0. The Hall–Kier alpha value is -2.51. The number of amides is 1. The van der Waals surface area contributed by atoms with E-state index in [0.717, 1.165) is 4.47 Å². The highest BCUT2D eigenvalue weighted by Gasteiger charge is 2.17. The van der Waals surface area contributed by atoms with Crippen molar-refractivity contribution in [1.82, 2.24) is 15.5 Å². The Labute approximate surface area is 152 Å². The largest absolute Gasteiger partial charge is 0.387 e. The lowest BCUT2D eigenvalue weighted by atomic mass is 10.1.